The summed E-state index contributed by atoms with van der Waals surface area (Å²) in [6, 6.07) is 6.77. The molecule has 0 aliphatic heterocycles. The number of nitrogens with one attached hydrogen (secondary N) is 1. The summed E-state index contributed by atoms with van der Waals surface area (Å²) in [4.78, 5) is 12.1. The number of para-hydroxylation sites is 1. The van der Waals surface area contributed by atoms with E-state index in [9.17, 15) is 4.79 Å². The smallest absolute Gasteiger partial charge is 0.259 e. The summed E-state index contributed by atoms with van der Waals surface area (Å²) in [6.07, 6.45) is 1.60. The molecular weight excluding hydrogens is 232 g/mol. The Kier molecular flexibility index (Phi) is 3.18. The summed E-state index contributed by atoms with van der Waals surface area (Å²) < 4.78 is 6.64. The van der Waals surface area contributed by atoms with E-state index in [0.717, 1.165) is 0 Å². The molecule has 1 amide bonds. The zero-order chi connectivity index (χ0) is 13.1. The molecule has 1 heterocycles. The van der Waals surface area contributed by atoms with Gasteiger partial charge in [-0.3, -0.25) is 9.48 Å². The van der Waals surface area contributed by atoms with Gasteiger partial charge >= 0.3 is 0 Å². The van der Waals surface area contributed by atoms with Gasteiger partial charge in [0.2, 0.25) is 0 Å². The number of nitrogens with zero attached hydrogens (tertiary/aromatic N) is 2. The second kappa shape index (κ2) is 4.79. The van der Waals surface area contributed by atoms with E-state index in [-0.39, 0.29) is 5.91 Å². The van der Waals surface area contributed by atoms with Crippen molar-refractivity contribution in [2.24, 2.45) is 7.05 Å². The zero-order valence-electron chi connectivity index (χ0n) is 10.2. The van der Waals surface area contributed by atoms with Crippen LogP contribution in [0.3, 0.4) is 0 Å². The molecule has 0 radical (unpaired) electrons. The molecule has 2 aromatic rings. The van der Waals surface area contributed by atoms with Crippen molar-refractivity contribution in [2.45, 2.75) is 0 Å². The van der Waals surface area contributed by atoms with E-state index < -0.39 is 0 Å². The number of nitrogen functional groups attached to an aromatic ring is 1. The molecule has 0 aliphatic carbocycles. The monoisotopic (exact) mass is 246 g/mol. The van der Waals surface area contributed by atoms with Crippen LogP contribution in [0.25, 0.3) is 0 Å². The minimum atomic E-state index is -0.296. The fourth-order valence-corrected chi connectivity index (χ4v) is 1.60. The highest BCUT2D eigenvalue weighted by molar-refractivity contribution is 6.08. The number of carbonyl (C=O) groups is 1. The molecule has 1 aromatic carbocycles. The standard InChI is InChI=1S/C12H14N4O2/c1-16-10(6-7-14-16)15-12(17)8-4-3-5-9(18-2)11(8)13/h3-7H,13H2,1-2H3,(H,15,17). The second-order valence-electron chi connectivity index (χ2n) is 3.72. The first-order valence-corrected chi connectivity index (χ1v) is 5.35. The minimum Gasteiger partial charge on any atom is -0.495 e. The average Bonchev–Trinajstić information content (AvgIpc) is 2.75. The maximum absolute atomic E-state index is 12.1. The van der Waals surface area contributed by atoms with Crippen molar-refractivity contribution in [1.82, 2.24) is 9.78 Å². The molecule has 0 bridgehead atoms. The third kappa shape index (κ3) is 2.13. The number of rotatable bonds is 3. The first-order chi connectivity index (χ1) is 8.63. The van der Waals surface area contributed by atoms with Crippen LogP contribution < -0.4 is 15.8 Å². The number of methoxy groups -OCH3 is 1. The van der Waals surface area contributed by atoms with Gasteiger partial charge in [-0.15, -0.1) is 0 Å². The third-order valence-electron chi connectivity index (χ3n) is 2.59. The van der Waals surface area contributed by atoms with Crippen molar-refractivity contribution in [3.8, 4) is 5.75 Å². The Morgan fingerprint density at radius 2 is 2.22 bits per heavy atom. The lowest BCUT2D eigenvalue weighted by Gasteiger charge is -2.10. The average molecular weight is 246 g/mol. The van der Waals surface area contributed by atoms with E-state index >= 15 is 0 Å². The number of nitrogens with two attached hydrogens (primary N) is 1. The predicted octanol–water partition coefficient (Wildman–Crippen LogP) is 1.26. The second-order valence-corrected chi connectivity index (χ2v) is 3.72. The Bertz CT molecular complexity index is 577. The lowest BCUT2D eigenvalue weighted by atomic mass is 10.1. The minimum absolute atomic E-state index is 0.296. The largest absolute Gasteiger partial charge is 0.495 e. The molecule has 1 aromatic heterocycles. The third-order valence-corrected chi connectivity index (χ3v) is 2.59. The van der Waals surface area contributed by atoms with Crippen molar-refractivity contribution in [3.63, 3.8) is 0 Å². The molecule has 0 fully saturated rings. The number of anilines is 2. The van der Waals surface area contributed by atoms with Gasteiger partial charge in [-0.2, -0.15) is 5.10 Å². The van der Waals surface area contributed by atoms with Crippen LogP contribution in [-0.4, -0.2) is 22.8 Å². The molecule has 6 nitrogen and oxygen atoms in total. The SMILES string of the molecule is COc1cccc(C(=O)Nc2ccnn2C)c1N. The first-order valence-electron chi connectivity index (χ1n) is 5.35. The van der Waals surface area contributed by atoms with Crippen LogP contribution in [0, 0.1) is 0 Å². The molecular formula is C12H14N4O2. The Labute approximate surface area is 104 Å². The van der Waals surface area contributed by atoms with Crippen LogP contribution in [0.15, 0.2) is 30.5 Å². The number of benzene rings is 1. The molecule has 94 valence electrons. The topological polar surface area (TPSA) is 82.2 Å². The van der Waals surface area contributed by atoms with Crippen LogP contribution in [0.2, 0.25) is 0 Å². The highest BCUT2D eigenvalue weighted by atomic mass is 16.5. The van der Waals surface area contributed by atoms with E-state index in [1.807, 2.05) is 0 Å². The van der Waals surface area contributed by atoms with Gasteiger partial charge in [0.05, 0.1) is 24.6 Å². The van der Waals surface area contributed by atoms with Crippen molar-refractivity contribution < 1.29 is 9.53 Å². The van der Waals surface area contributed by atoms with Gasteiger partial charge in [0.25, 0.3) is 5.91 Å². The Morgan fingerprint density at radius 3 is 2.83 bits per heavy atom. The van der Waals surface area contributed by atoms with Gasteiger partial charge in [-0.05, 0) is 12.1 Å². The van der Waals surface area contributed by atoms with E-state index in [0.29, 0.717) is 22.8 Å². The highest BCUT2D eigenvalue weighted by Crippen LogP contribution is 2.25. The van der Waals surface area contributed by atoms with Crippen LogP contribution in [-0.2, 0) is 7.05 Å². The fourth-order valence-electron chi connectivity index (χ4n) is 1.60. The maximum atomic E-state index is 12.1. The molecule has 0 saturated carbocycles. The summed E-state index contributed by atoms with van der Waals surface area (Å²) in [5.41, 5.74) is 6.54. The summed E-state index contributed by atoms with van der Waals surface area (Å²) in [5, 5.41) is 6.69. The Morgan fingerprint density at radius 1 is 1.44 bits per heavy atom. The number of hydrogen-bond acceptors (Lipinski definition) is 4. The molecule has 3 N–H and O–H groups in total. The molecule has 0 saturated heterocycles. The number of ether oxygens (including phenoxy) is 1. The Balaban J connectivity index is 2.27. The van der Waals surface area contributed by atoms with E-state index in [4.69, 9.17) is 10.5 Å². The molecule has 0 aliphatic rings. The van der Waals surface area contributed by atoms with Gasteiger partial charge in [0, 0.05) is 13.1 Å². The molecule has 2 rings (SSSR count). The summed E-state index contributed by atoms with van der Waals surface area (Å²) in [6.45, 7) is 0. The van der Waals surface area contributed by atoms with Gasteiger partial charge in [0.1, 0.15) is 11.6 Å². The number of amides is 1. The predicted molar refractivity (Wildman–Crippen MR) is 68.6 cm³/mol. The number of aromatic nitrogens is 2. The zero-order valence-corrected chi connectivity index (χ0v) is 10.2. The lowest BCUT2D eigenvalue weighted by Crippen LogP contribution is -2.16. The molecule has 0 atom stereocenters. The van der Waals surface area contributed by atoms with Crippen molar-refractivity contribution in [2.75, 3.05) is 18.2 Å². The maximum Gasteiger partial charge on any atom is 0.259 e. The molecule has 6 heteroatoms. The normalized spacial score (nSPS) is 10.1. The Hall–Kier alpha value is -2.50. The summed E-state index contributed by atoms with van der Waals surface area (Å²) in [5.74, 6) is 0.782. The van der Waals surface area contributed by atoms with Crippen LogP contribution >= 0.6 is 0 Å². The van der Waals surface area contributed by atoms with Crippen LogP contribution in [0.4, 0.5) is 11.5 Å². The number of hydrogen-bond donors (Lipinski definition) is 2. The lowest BCUT2D eigenvalue weighted by molar-refractivity contribution is 0.102. The van der Waals surface area contributed by atoms with Crippen LogP contribution in [0.1, 0.15) is 10.4 Å². The fraction of sp³-hybridized carbons (Fsp3) is 0.167. The van der Waals surface area contributed by atoms with Crippen molar-refractivity contribution >= 4 is 17.4 Å². The molecule has 0 unspecified atom stereocenters. The van der Waals surface area contributed by atoms with Crippen molar-refractivity contribution in [3.05, 3.63) is 36.0 Å². The number of aryl methyl sites for hydroxylation is 1. The highest BCUT2D eigenvalue weighted by Gasteiger charge is 2.14. The van der Waals surface area contributed by atoms with Gasteiger partial charge < -0.3 is 15.8 Å². The summed E-state index contributed by atoms with van der Waals surface area (Å²) in [7, 11) is 3.25. The van der Waals surface area contributed by atoms with E-state index in [2.05, 4.69) is 10.4 Å². The number of carbonyl (C=O) groups excluding carboxylic acids is 1. The van der Waals surface area contributed by atoms with E-state index in [1.165, 1.54) is 7.11 Å². The van der Waals surface area contributed by atoms with Gasteiger partial charge in [0.15, 0.2) is 0 Å². The van der Waals surface area contributed by atoms with Gasteiger partial charge in [-0.25, -0.2) is 0 Å². The quantitative estimate of drug-likeness (QED) is 0.799. The van der Waals surface area contributed by atoms with Crippen molar-refractivity contribution in [1.29, 1.82) is 0 Å². The summed E-state index contributed by atoms with van der Waals surface area (Å²) >= 11 is 0. The first kappa shape index (κ1) is 12.0. The molecule has 0 spiro atoms. The molecule has 18 heavy (non-hydrogen) atoms. The van der Waals surface area contributed by atoms with Crippen LogP contribution in [0.5, 0.6) is 5.75 Å². The van der Waals surface area contributed by atoms with Gasteiger partial charge in [-0.1, -0.05) is 6.07 Å². The van der Waals surface area contributed by atoms with E-state index in [1.54, 1.807) is 42.2 Å².